The minimum Gasteiger partial charge on any atom is -0.468 e. The zero-order valence-electron chi connectivity index (χ0n) is 5.46. The third kappa shape index (κ3) is 2.19. The van der Waals surface area contributed by atoms with Crippen molar-refractivity contribution in [2.45, 2.75) is 0 Å². The topological polar surface area (TPSA) is 43.4 Å². The van der Waals surface area contributed by atoms with E-state index in [0.29, 0.717) is 0 Å². The van der Waals surface area contributed by atoms with Crippen LogP contribution in [-0.2, 0) is 14.3 Å². The molecule has 0 aromatic heterocycles. The van der Waals surface area contributed by atoms with Gasteiger partial charge in [0.25, 0.3) is 0 Å². The SMILES string of the molecule is C=CC(C(=O)Cl)C(=O)OC. The van der Waals surface area contributed by atoms with Crippen LogP contribution in [0.1, 0.15) is 0 Å². The molecular weight excluding hydrogens is 156 g/mol. The van der Waals surface area contributed by atoms with Gasteiger partial charge in [-0.25, -0.2) is 0 Å². The van der Waals surface area contributed by atoms with Crippen molar-refractivity contribution in [2.75, 3.05) is 7.11 Å². The molecule has 56 valence electrons. The highest BCUT2D eigenvalue weighted by Crippen LogP contribution is 2.04. The fraction of sp³-hybridized carbons (Fsp3) is 0.333. The maximum atomic E-state index is 10.6. The normalized spacial score (nSPS) is 11.8. The second-order valence-corrected chi connectivity index (χ2v) is 1.91. The van der Waals surface area contributed by atoms with Gasteiger partial charge in [0.15, 0.2) is 0 Å². The minimum absolute atomic E-state index is 0.685. The Morgan fingerprint density at radius 2 is 2.20 bits per heavy atom. The number of carbonyl (C=O) groups is 2. The maximum Gasteiger partial charge on any atom is 0.321 e. The van der Waals surface area contributed by atoms with Gasteiger partial charge in [0.1, 0.15) is 5.92 Å². The molecule has 4 heteroatoms. The molecule has 0 radical (unpaired) electrons. The lowest BCUT2D eigenvalue weighted by molar-refractivity contribution is -0.145. The number of rotatable bonds is 3. The lowest BCUT2D eigenvalue weighted by Gasteiger charge is -2.02. The van der Waals surface area contributed by atoms with Gasteiger partial charge in [-0.1, -0.05) is 6.08 Å². The third-order valence-electron chi connectivity index (χ3n) is 0.935. The van der Waals surface area contributed by atoms with E-state index in [9.17, 15) is 9.59 Å². The first-order valence-corrected chi connectivity index (χ1v) is 2.91. The van der Waals surface area contributed by atoms with Crippen LogP contribution in [0.2, 0.25) is 0 Å². The monoisotopic (exact) mass is 162 g/mol. The molecule has 0 N–H and O–H groups in total. The first-order valence-electron chi connectivity index (χ1n) is 2.53. The van der Waals surface area contributed by atoms with Crippen LogP contribution in [0.5, 0.6) is 0 Å². The highest BCUT2D eigenvalue weighted by Gasteiger charge is 2.21. The van der Waals surface area contributed by atoms with Crippen molar-refractivity contribution in [2.24, 2.45) is 5.92 Å². The smallest absolute Gasteiger partial charge is 0.321 e. The predicted molar refractivity (Wildman–Crippen MR) is 36.6 cm³/mol. The van der Waals surface area contributed by atoms with Crippen molar-refractivity contribution in [3.8, 4) is 0 Å². The van der Waals surface area contributed by atoms with Crippen molar-refractivity contribution < 1.29 is 14.3 Å². The average Bonchev–Trinajstić information content (AvgIpc) is 1.88. The van der Waals surface area contributed by atoms with Gasteiger partial charge in [0, 0.05) is 0 Å². The van der Waals surface area contributed by atoms with E-state index in [1.54, 1.807) is 0 Å². The lowest BCUT2D eigenvalue weighted by atomic mass is 10.2. The first kappa shape index (κ1) is 9.17. The molecule has 3 nitrogen and oxygen atoms in total. The number of esters is 1. The summed E-state index contributed by atoms with van der Waals surface area (Å²) in [6.07, 6.45) is 1.14. The Kier molecular flexibility index (Phi) is 3.72. The van der Waals surface area contributed by atoms with Gasteiger partial charge < -0.3 is 4.74 Å². The molecule has 0 bridgehead atoms. The fourth-order valence-electron chi connectivity index (χ4n) is 0.409. The molecule has 0 aliphatic carbocycles. The Bertz CT molecular complexity index is 164. The molecule has 0 saturated heterocycles. The maximum absolute atomic E-state index is 10.6. The Labute approximate surface area is 63.6 Å². The van der Waals surface area contributed by atoms with E-state index >= 15 is 0 Å². The molecule has 0 amide bonds. The molecule has 0 aliphatic rings. The fourth-order valence-corrected chi connectivity index (χ4v) is 0.587. The predicted octanol–water partition coefficient (Wildman–Crippen LogP) is 0.727. The van der Waals surface area contributed by atoms with Crippen LogP contribution in [0.15, 0.2) is 12.7 Å². The number of hydrogen-bond donors (Lipinski definition) is 0. The molecule has 0 aromatic rings. The van der Waals surface area contributed by atoms with E-state index in [1.807, 2.05) is 0 Å². The molecule has 0 aliphatic heterocycles. The van der Waals surface area contributed by atoms with E-state index in [-0.39, 0.29) is 0 Å². The Morgan fingerprint density at radius 3 is 2.30 bits per heavy atom. The van der Waals surface area contributed by atoms with E-state index in [2.05, 4.69) is 11.3 Å². The summed E-state index contributed by atoms with van der Waals surface area (Å²) >= 11 is 5.01. The molecule has 1 unspecified atom stereocenters. The molecular formula is C6H7ClO3. The van der Waals surface area contributed by atoms with E-state index in [1.165, 1.54) is 7.11 Å². The van der Waals surface area contributed by atoms with Crippen molar-refractivity contribution in [1.29, 1.82) is 0 Å². The van der Waals surface area contributed by atoms with Crippen LogP contribution in [0.3, 0.4) is 0 Å². The number of carbonyl (C=O) groups excluding carboxylic acids is 2. The lowest BCUT2D eigenvalue weighted by Crippen LogP contribution is -2.19. The van der Waals surface area contributed by atoms with Gasteiger partial charge in [0.2, 0.25) is 5.24 Å². The van der Waals surface area contributed by atoms with Crippen LogP contribution in [-0.4, -0.2) is 18.3 Å². The zero-order chi connectivity index (χ0) is 8.15. The Balaban J connectivity index is 4.20. The summed E-state index contributed by atoms with van der Waals surface area (Å²) in [6, 6.07) is 0. The summed E-state index contributed by atoms with van der Waals surface area (Å²) in [7, 11) is 1.18. The summed E-state index contributed by atoms with van der Waals surface area (Å²) < 4.78 is 4.25. The second kappa shape index (κ2) is 4.06. The average molecular weight is 163 g/mol. The van der Waals surface area contributed by atoms with E-state index in [0.717, 1.165) is 6.08 Å². The largest absolute Gasteiger partial charge is 0.468 e. The van der Waals surface area contributed by atoms with Gasteiger partial charge in [-0.3, -0.25) is 9.59 Å². The van der Waals surface area contributed by atoms with Crippen LogP contribution in [0.25, 0.3) is 0 Å². The minimum atomic E-state index is -1.04. The molecule has 0 spiro atoms. The summed E-state index contributed by atoms with van der Waals surface area (Å²) in [6.45, 7) is 3.25. The molecule has 0 rings (SSSR count). The van der Waals surface area contributed by atoms with E-state index in [4.69, 9.17) is 11.6 Å². The summed E-state index contributed by atoms with van der Waals surface area (Å²) in [5.74, 6) is -1.72. The molecule has 0 saturated carbocycles. The van der Waals surface area contributed by atoms with Crippen molar-refractivity contribution in [1.82, 2.24) is 0 Å². The number of ether oxygens (including phenoxy) is 1. The van der Waals surface area contributed by atoms with Crippen LogP contribution < -0.4 is 0 Å². The number of methoxy groups -OCH3 is 1. The Morgan fingerprint density at radius 1 is 1.70 bits per heavy atom. The van der Waals surface area contributed by atoms with Gasteiger partial charge in [0.05, 0.1) is 7.11 Å². The van der Waals surface area contributed by atoms with Crippen LogP contribution in [0, 0.1) is 5.92 Å². The van der Waals surface area contributed by atoms with E-state index < -0.39 is 17.1 Å². The molecule has 0 heterocycles. The Hall–Kier alpha value is -0.830. The van der Waals surface area contributed by atoms with Crippen LogP contribution in [0.4, 0.5) is 0 Å². The summed E-state index contributed by atoms with van der Waals surface area (Å²) in [5, 5.41) is -0.776. The van der Waals surface area contributed by atoms with Crippen LogP contribution >= 0.6 is 11.6 Å². The summed E-state index contributed by atoms with van der Waals surface area (Å²) in [5.41, 5.74) is 0. The molecule has 10 heavy (non-hydrogen) atoms. The first-order chi connectivity index (χ1) is 4.63. The third-order valence-corrected chi connectivity index (χ3v) is 1.17. The van der Waals surface area contributed by atoms with Gasteiger partial charge in [-0.2, -0.15) is 0 Å². The van der Waals surface area contributed by atoms with Gasteiger partial charge in [-0.05, 0) is 11.6 Å². The van der Waals surface area contributed by atoms with Crippen molar-refractivity contribution in [3.05, 3.63) is 12.7 Å². The number of hydrogen-bond acceptors (Lipinski definition) is 3. The molecule has 0 fully saturated rings. The molecule has 0 aromatic carbocycles. The number of halogens is 1. The summed E-state index contributed by atoms with van der Waals surface area (Å²) in [4.78, 5) is 21.0. The zero-order valence-corrected chi connectivity index (χ0v) is 6.22. The highest BCUT2D eigenvalue weighted by molar-refractivity contribution is 6.65. The van der Waals surface area contributed by atoms with Crippen molar-refractivity contribution >= 4 is 22.8 Å². The standard InChI is InChI=1S/C6H7ClO3/c1-3-4(5(7)8)6(9)10-2/h3-4H,1H2,2H3. The van der Waals surface area contributed by atoms with Crippen molar-refractivity contribution in [3.63, 3.8) is 0 Å². The quantitative estimate of drug-likeness (QED) is 0.266. The molecule has 1 atom stereocenters. The second-order valence-electron chi connectivity index (χ2n) is 1.54. The van der Waals surface area contributed by atoms with Gasteiger partial charge >= 0.3 is 5.97 Å². The van der Waals surface area contributed by atoms with Gasteiger partial charge in [-0.15, -0.1) is 6.58 Å². The highest BCUT2D eigenvalue weighted by atomic mass is 35.5.